The van der Waals surface area contributed by atoms with E-state index < -0.39 is 0 Å². The maximum atomic E-state index is 12.7. The first-order valence-electron chi connectivity index (χ1n) is 7.89. The Labute approximate surface area is 145 Å². The van der Waals surface area contributed by atoms with E-state index in [1.54, 1.807) is 12.2 Å². The highest BCUT2D eigenvalue weighted by atomic mass is 16.3. The quantitative estimate of drug-likeness (QED) is 0.681. The van der Waals surface area contributed by atoms with E-state index in [1.165, 1.54) is 6.07 Å². The Hall–Kier alpha value is -3.27. The number of hydrogen-bond acceptors (Lipinski definition) is 4. The van der Waals surface area contributed by atoms with Crippen molar-refractivity contribution in [2.75, 3.05) is 0 Å². The van der Waals surface area contributed by atoms with Gasteiger partial charge in [-0.05, 0) is 12.8 Å². The van der Waals surface area contributed by atoms with Gasteiger partial charge in [-0.25, -0.2) is 0 Å². The van der Waals surface area contributed by atoms with Gasteiger partial charge >= 0.3 is 0 Å². The third-order valence-electron chi connectivity index (χ3n) is 4.07. The molecule has 0 aliphatic carbocycles. The molecule has 2 N–H and O–H groups in total. The number of rotatable bonds is 5. The Morgan fingerprint density at radius 1 is 0.960 bits per heavy atom. The number of phenolic OH excluding ortho intramolecular Hbond substituents is 2. The second-order valence-electron chi connectivity index (χ2n) is 5.68. The average molecular weight is 334 g/mol. The van der Waals surface area contributed by atoms with E-state index in [1.807, 2.05) is 30.3 Å². The van der Waals surface area contributed by atoms with E-state index in [4.69, 9.17) is 4.42 Å². The lowest BCUT2D eigenvalue weighted by Crippen LogP contribution is -2.05. The van der Waals surface area contributed by atoms with Crippen LogP contribution >= 0.6 is 0 Å². The van der Waals surface area contributed by atoms with Crippen molar-refractivity contribution in [2.45, 2.75) is 12.8 Å². The molecule has 0 bridgehead atoms. The lowest BCUT2D eigenvalue weighted by Gasteiger charge is -2.14. The molecule has 0 saturated heterocycles. The molecule has 1 aromatic heterocycles. The zero-order chi connectivity index (χ0) is 18.0. The fourth-order valence-corrected chi connectivity index (χ4v) is 2.90. The highest BCUT2D eigenvalue weighted by molar-refractivity contribution is 5.91. The van der Waals surface area contributed by atoms with Crippen LogP contribution in [0.5, 0.6) is 11.5 Å². The molecule has 3 aromatic rings. The highest BCUT2D eigenvalue weighted by Crippen LogP contribution is 2.40. The van der Waals surface area contributed by atoms with E-state index in [9.17, 15) is 15.0 Å². The Balaban J connectivity index is 2.42. The molecule has 1 heterocycles. The molecule has 0 unspecified atom stereocenters. The largest absolute Gasteiger partial charge is 0.507 e. The zero-order valence-corrected chi connectivity index (χ0v) is 13.7. The van der Waals surface area contributed by atoms with Crippen LogP contribution in [0.1, 0.15) is 11.1 Å². The summed E-state index contributed by atoms with van der Waals surface area (Å²) in [5.74, 6) is 0.00502. The predicted molar refractivity (Wildman–Crippen MR) is 99.1 cm³/mol. The van der Waals surface area contributed by atoms with Crippen LogP contribution in [0, 0.1) is 0 Å². The van der Waals surface area contributed by atoms with Crippen molar-refractivity contribution < 1.29 is 14.6 Å². The average Bonchev–Trinajstić information content (AvgIpc) is 2.62. The van der Waals surface area contributed by atoms with E-state index in [2.05, 4.69) is 13.2 Å². The molecule has 4 nitrogen and oxygen atoms in total. The maximum Gasteiger partial charge on any atom is 0.197 e. The van der Waals surface area contributed by atoms with Crippen LogP contribution in [0.3, 0.4) is 0 Å². The first-order chi connectivity index (χ1) is 12.1. The fourth-order valence-electron chi connectivity index (χ4n) is 2.90. The lowest BCUT2D eigenvalue weighted by atomic mass is 9.97. The van der Waals surface area contributed by atoms with Gasteiger partial charge in [0.05, 0.1) is 0 Å². The van der Waals surface area contributed by atoms with Crippen LogP contribution in [0.25, 0.3) is 22.3 Å². The molecule has 126 valence electrons. The first kappa shape index (κ1) is 16.6. The zero-order valence-electron chi connectivity index (χ0n) is 13.7. The van der Waals surface area contributed by atoms with Gasteiger partial charge in [-0.1, -0.05) is 42.5 Å². The first-order valence-corrected chi connectivity index (χ1v) is 7.89. The molecule has 0 amide bonds. The monoisotopic (exact) mass is 334 g/mol. The van der Waals surface area contributed by atoms with E-state index in [-0.39, 0.29) is 39.9 Å². The summed E-state index contributed by atoms with van der Waals surface area (Å²) >= 11 is 0. The van der Waals surface area contributed by atoms with Crippen LogP contribution < -0.4 is 5.43 Å². The van der Waals surface area contributed by atoms with Crippen LogP contribution in [0.4, 0.5) is 0 Å². The molecule has 0 aliphatic heterocycles. The molecule has 0 spiro atoms. The Kier molecular flexibility index (Phi) is 4.44. The molecule has 3 rings (SSSR count). The maximum absolute atomic E-state index is 12.7. The molecular formula is C21H18O4. The van der Waals surface area contributed by atoms with Crippen molar-refractivity contribution in [2.24, 2.45) is 0 Å². The third-order valence-corrected chi connectivity index (χ3v) is 4.07. The number of phenols is 2. The van der Waals surface area contributed by atoms with Gasteiger partial charge in [0.2, 0.25) is 0 Å². The van der Waals surface area contributed by atoms with Crippen LogP contribution in [-0.2, 0) is 12.8 Å². The van der Waals surface area contributed by atoms with Gasteiger partial charge < -0.3 is 14.6 Å². The smallest absolute Gasteiger partial charge is 0.197 e. The van der Waals surface area contributed by atoms with Crippen molar-refractivity contribution in [3.8, 4) is 22.8 Å². The van der Waals surface area contributed by atoms with Gasteiger partial charge in [-0.15, -0.1) is 13.2 Å². The summed E-state index contributed by atoms with van der Waals surface area (Å²) in [5, 5.41) is 21.1. The summed E-state index contributed by atoms with van der Waals surface area (Å²) in [6, 6.07) is 10.5. The van der Waals surface area contributed by atoms with Gasteiger partial charge in [0.15, 0.2) is 5.43 Å². The summed E-state index contributed by atoms with van der Waals surface area (Å²) in [5.41, 5.74) is 1.23. The van der Waals surface area contributed by atoms with E-state index >= 15 is 0 Å². The van der Waals surface area contributed by atoms with Crippen molar-refractivity contribution in [1.29, 1.82) is 0 Å². The molecule has 0 fully saturated rings. The molecule has 4 heteroatoms. The number of fused-ring (bicyclic) bond motifs is 1. The summed E-state index contributed by atoms with van der Waals surface area (Å²) in [6.07, 6.45) is 3.70. The Bertz CT molecular complexity index is 1010. The minimum atomic E-state index is -0.367. The topological polar surface area (TPSA) is 70.7 Å². The van der Waals surface area contributed by atoms with Crippen molar-refractivity contribution in [3.63, 3.8) is 0 Å². The summed E-state index contributed by atoms with van der Waals surface area (Å²) in [7, 11) is 0. The SMILES string of the molecule is C=CCc1c(O)c(CC=C)c2oc(-c3ccccc3)cc(=O)c2c1O. The van der Waals surface area contributed by atoms with Crippen molar-refractivity contribution in [1.82, 2.24) is 0 Å². The number of aromatic hydroxyl groups is 2. The van der Waals surface area contributed by atoms with Crippen molar-refractivity contribution in [3.05, 3.63) is 83.1 Å². The minimum absolute atomic E-state index is 0.0613. The summed E-state index contributed by atoms with van der Waals surface area (Å²) < 4.78 is 5.91. The second kappa shape index (κ2) is 6.69. The van der Waals surface area contributed by atoms with Gasteiger partial charge in [0.1, 0.15) is 28.2 Å². The fraction of sp³-hybridized carbons (Fsp3) is 0.0952. The van der Waals surface area contributed by atoms with E-state index in [0.717, 1.165) is 5.56 Å². The van der Waals surface area contributed by atoms with Gasteiger partial charge in [-0.2, -0.15) is 0 Å². The summed E-state index contributed by atoms with van der Waals surface area (Å²) in [6.45, 7) is 7.32. The van der Waals surface area contributed by atoms with Crippen LogP contribution in [0.15, 0.2) is 70.9 Å². The normalized spacial score (nSPS) is 10.7. The molecular weight excluding hydrogens is 316 g/mol. The Morgan fingerprint density at radius 3 is 2.24 bits per heavy atom. The number of benzene rings is 2. The summed E-state index contributed by atoms with van der Waals surface area (Å²) in [4.78, 5) is 12.7. The third kappa shape index (κ3) is 2.83. The van der Waals surface area contributed by atoms with Crippen LogP contribution in [-0.4, -0.2) is 10.2 Å². The standard InChI is InChI=1S/C21H18O4/c1-3-8-14-19(23)15(9-4-2)21-18(20(14)24)16(22)12-17(25-21)13-10-6-5-7-11-13/h3-7,10-12,23-24H,1-2,8-9H2. The molecule has 25 heavy (non-hydrogen) atoms. The number of allylic oxidation sites excluding steroid dienone is 2. The highest BCUT2D eigenvalue weighted by Gasteiger charge is 2.22. The minimum Gasteiger partial charge on any atom is -0.507 e. The molecule has 0 saturated carbocycles. The van der Waals surface area contributed by atoms with Gasteiger partial charge in [-0.3, -0.25) is 4.79 Å². The van der Waals surface area contributed by atoms with E-state index in [0.29, 0.717) is 17.7 Å². The number of hydrogen-bond donors (Lipinski definition) is 2. The molecule has 0 radical (unpaired) electrons. The molecule has 0 atom stereocenters. The lowest BCUT2D eigenvalue weighted by molar-refractivity contribution is 0.439. The van der Waals surface area contributed by atoms with Gasteiger partial charge in [0, 0.05) is 22.8 Å². The Morgan fingerprint density at radius 2 is 1.60 bits per heavy atom. The van der Waals surface area contributed by atoms with Gasteiger partial charge in [0.25, 0.3) is 0 Å². The molecule has 2 aromatic carbocycles. The molecule has 0 aliphatic rings. The van der Waals surface area contributed by atoms with Crippen molar-refractivity contribution >= 4 is 11.0 Å². The predicted octanol–water partition coefficient (Wildman–Crippen LogP) is 4.33. The second-order valence-corrected chi connectivity index (χ2v) is 5.68. The van der Waals surface area contributed by atoms with Crippen LogP contribution in [0.2, 0.25) is 0 Å².